The fourth-order valence-electron chi connectivity index (χ4n) is 0.315. The lowest BCUT2D eigenvalue weighted by atomic mass is 10.6. The normalized spacial score (nSPS) is 9.27. The van der Waals surface area contributed by atoms with Gasteiger partial charge in [-0.1, -0.05) is 6.58 Å². The van der Waals surface area contributed by atoms with Crippen molar-refractivity contribution in [3.05, 3.63) is 12.3 Å². The Morgan fingerprint density at radius 3 is 2.64 bits per heavy atom. The summed E-state index contributed by atoms with van der Waals surface area (Å²) in [5, 5.41) is 3.49. The molecule has 0 unspecified atom stereocenters. The van der Waals surface area contributed by atoms with E-state index in [1.54, 1.807) is 13.8 Å². The van der Waals surface area contributed by atoms with Crippen molar-refractivity contribution < 1.29 is 4.79 Å². The van der Waals surface area contributed by atoms with Gasteiger partial charge in [0, 0.05) is 11.9 Å². The molecule has 0 bridgehead atoms. The molecular weight excluding hydrogens is 144 g/mol. The van der Waals surface area contributed by atoms with Crippen molar-refractivity contribution in [3.63, 3.8) is 0 Å². The highest BCUT2D eigenvalue weighted by molar-refractivity contribution is 5.74. The maximum atomic E-state index is 10.7. The monoisotopic (exact) mass is 156 g/mol. The Labute approximate surface area is 65.5 Å². The van der Waals surface area contributed by atoms with E-state index in [0.717, 1.165) is 0 Å². The first-order valence-corrected chi connectivity index (χ1v) is 3.12. The van der Waals surface area contributed by atoms with Crippen LogP contribution in [0, 0.1) is 0 Å². The van der Waals surface area contributed by atoms with Crippen LogP contribution in [-0.2, 0) is 0 Å². The lowest BCUT2D eigenvalue weighted by molar-refractivity contribution is 0.238. The summed E-state index contributed by atoms with van der Waals surface area (Å²) in [7, 11) is 0. The maximum Gasteiger partial charge on any atom is 0.353 e. The molecule has 3 N–H and O–H groups in total. The minimum absolute atomic E-state index is 0.425. The third-order valence-electron chi connectivity index (χ3n) is 0.685. The van der Waals surface area contributed by atoms with E-state index in [1.807, 2.05) is 0 Å². The fourth-order valence-corrected chi connectivity index (χ4v) is 0.315. The van der Waals surface area contributed by atoms with Gasteiger partial charge in [-0.05, 0) is 13.8 Å². The van der Waals surface area contributed by atoms with E-state index >= 15 is 0 Å². The van der Waals surface area contributed by atoms with Crippen molar-refractivity contribution in [3.8, 4) is 0 Å². The summed E-state index contributed by atoms with van der Waals surface area (Å²) in [6.45, 7) is 6.94. The summed E-state index contributed by atoms with van der Waals surface area (Å²) in [6.07, 6.45) is 1.47. The lowest BCUT2D eigenvalue weighted by Gasteiger charge is -2.05. The third-order valence-corrected chi connectivity index (χ3v) is 0.685. The van der Waals surface area contributed by atoms with Crippen molar-refractivity contribution >= 4 is 12.2 Å². The standard InChI is InChI=1S/C6H12N4O/c1-4-7-9-6(11)10-8-5(2)3/h4,8H,2H2,1,3H3,(H2,9,10,11)/b7-4+. The smallest absolute Gasteiger partial charge is 0.302 e. The number of hydrazone groups is 1. The quantitative estimate of drug-likeness (QED) is 0.407. The van der Waals surface area contributed by atoms with Crippen molar-refractivity contribution in [2.45, 2.75) is 13.8 Å². The van der Waals surface area contributed by atoms with Crippen molar-refractivity contribution in [2.75, 3.05) is 0 Å². The minimum Gasteiger partial charge on any atom is -0.302 e. The molecule has 62 valence electrons. The number of nitrogens with one attached hydrogen (secondary N) is 3. The predicted molar refractivity (Wildman–Crippen MR) is 43.8 cm³/mol. The molecular formula is C6H12N4O. The van der Waals surface area contributed by atoms with E-state index < -0.39 is 6.03 Å². The van der Waals surface area contributed by atoms with Gasteiger partial charge in [0.25, 0.3) is 0 Å². The number of urea groups is 1. The van der Waals surface area contributed by atoms with Gasteiger partial charge >= 0.3 is 6.03 Å². The molecule has 0 aromatic carbocycles. The molecule has 0 aliphatic carbocycles. The van der Waals surface area contributed by atoms with Crippen LogP contribution in [0.25, 0.3) is 0 Å². The number of carbonyl (C=O) groups is 1. The molecule has 0 aliphatic heterocycles. The molecule has 0 radical (unpaired) electrons. The van der Waals surface area contributed by atoms with Crippen molar-refractivity contribution in [1.29, 1.82) is 0 Å². The van der Waals surface area contributed by atoms with E-state index in [4.69, 9.17) is 0 Å². The van der Waals surface area contributed by atoms with Gasteiger partial charge in [-0.2, -0.15) is 5.10 Å². The number of amides is 2. The van der Waals surface area contributed by atoms with Crippen molar-refractivity contribution in [2.24, 2.45) is 5.10 Å². The number of nitrogens with zero attached hydrogens (tertiary/aromatic N) is 1. The molecule has 2 amide bonds. The van der Waals surface area contributed by atoms with Gasteiger partial charge in [0.15, 0.2) is 0 Å². The van der Waals surface area contributed by atoms with Crippen LogP contribution in [0.5, 0.6) is 0 Å². The van der Waals surface area contributed by atoms with Gasteiger partial charge in [0.1, 0.15) is 0 Å². The summed E-state index contributed by atoms with van der Waals surface area (Å²) >= 11 is 0. The van der Waals surface area contributed by atoms with Crippen LogP contribution in [-0.4, -0.2) is 12.2 Å². The molecule has 0 heterocycles. The number of allylic oxidation sites excluding steroid dienone is 1. The Balaban J connectivity index is 3.45. The van der Waals surface area contributed by atoms with Gasteiger partial charge in [-0.15, -0.1) is 0 Å². The van der Waals surface area contributed by atoms with Gasteiger partial charge in [0.05, 0.1) is 0 Å². The summed E-state index contributed by atoms with van der Waals surface area (Å²) in [5.74, 6) is 0. The molecule has 0 atom stereocenters. The molecule has 0 spiro atoms. The summed E-state index contributed by atoms with van der Waals surface area (Å²) in [6, 6.07) is -0.425. The molecule has 5 heteroatoms. The van der Waals surface area contributed by atoms with Gasteiger partial charge < -0.3 is 5.43 Å². The van der Waals surface area contributed by atoms with E-state index in [1.165, 1.54) is 6.21 Å². The first-order chi connectivity index (χ1) is 5.16. The highest BCUT2D eigenvalue weighted by Gasteiger charge is 1.93. The average Bonchev–Trinajstić information content (AvgIpc) is 1.97. The average molecular weight is 156 g/mol. The molecule has 0 fully saturated rings. The van der Waals surface area contributed by atoms with Gasteiger partial charge in [-0.25, -0.2) is 10.2 Å². The van der Waals surface area contributed by atoms with Crippen LogP contribution in [0.3, 0.4) is 0 Å². The van der Waals surface area contributed by atoms with Crippen LogP contribution >= 0.6 is 0 Å². The maximum absolute atomic E-state index is 10.7. The van der Waals surface area contributed by atoms with Crippen LogP contribution in [0.2, 0.25) is 0 Å². The molecule has 0 aliphatic rings. The number of carbonyl (C=O) groups excluding carboxylic acids is 1. The topological polar surface area (TPSA) is 65.5 Å². The number of hydrogen-bond acceptors (Lipinski definition) is 3. The van der Waals surface area contributed by atoms with Crippen LogP contribution in [0.4, 0.5) is 4.79 Å². The zero-order valence-electron chi connectivity index (χ0n) is 6.64. The molecule has 5 nitrogen and oxygen atoms in total. The summed E-state index contributed by atoms with van der Waals surface area (Å²) < 4.78 is 0. The number of hydrazine groups is 1. The first-order valence-electron chi connectivity index (χ1n) is 3.12. The number of hydrogen-bond donors (Lipinski definition) is 3. The van der Waals surface area contributed by atoms with E-state index in [2.05, 4.69) is 28.0 Å². The second-order valence-electron chi connectivity index (χ2n) is 1.86. The van der Waals surface area contributed by atoms with E-state index in [-0.39, 0.29) is 0 Å². The molecule has 0 saturated carbocycles. The summed E-state index contributed by atoms with van der Waals surface area (Å²) in [5.41, 5.74) is 7.68. The number of rotatable bonds is 3. The molecule has 0 rings (SSSR count). The lowest BCUT2D eigenvalue weighted by Crippen LogP contribution is -2.41. The predicted octanol–water partition coefficient (Wildman–Crippen LogP) is 0.329. The van der Waals surface area contributed by atoms with Gasteiger partial charge in [0.2, 0.25) is 0 Å². The molecule has 0 aromatic rings. The Bertz CT molecular complexity index is 175. The Morgan fingerprint density at radius 1 is 1.55 bits per heavy atom. The van der Waals surface area contributed by atoms with Crippen LogP contribution in [0.15, 0.2) is 17.4 Å². The van der Waals surface area contributed by atoms with Gasteiger partial charge in [-0.3, -0.25) is 5.43 Å². The van der Waals surface area contributed by atoms with Crippen LogP contribution < -0.4 is 16.3 Å². The second kappa shape index (κ2) is 5.28. The Kier molecular flexibility index (Phi) is 4.55. The third kappa shape index (κ3) is 6.36. The Hall–Kier alpha value is -1.52. The highest BCUT2D eigenvalue weighted by atomic mass is 16.2. The molecule has 0 saturated heterocycles. The zero-order valence-corrected chi connectivity index (χ0v) is 6.64. The minimum atomic E-state index is -0.425. The zero-order chi connectivity index (χ0) is 8.69. The fraction of sp³-hybridized carbons (Fsp3) is 0.333. The second-order valence-corrected chi connectivity index (χ2v) is 1.86. The first kappa shape index (κ1) is 9.48. The SMILES string of the molecule is C=C(C)NNC(=O)N/N=C/C. The van der Waals surface area contributed by atoms with E-state index in [0.29, 0.717) is 5.70 Å². The highest BCUT2D eigenvalue weighted by Crippen LogP contribution is 1.72. The van der Waals surface area contributed by atoms with Crippen molar-refractivity contribution in [1.82, 2.24) is 16.3 Å². The summed E-state index contributed by atoms with van der Waals surface area (Å²) in [4.78, 5) is 10.7. The largest absolute Gasteiger partial charge is 0.353 e. The Morgan fingerprint density at radius 2 is 2.18 bits per heavy atom. The van der Waals surface area contributed by atoms with E-state index in [9.17, 15) is 4.79 Å². The van der Waals surface area contributed by atoms with Crippen LogP contribution in [0.1, 0.15) is 13.8 Å². The molecule has 0 aromatic heterocycles. The molecule has 11 heavy (non-hydrogen) atoms.